The number of amides is 3. The fourth-order valence-corrected chi connectivity index (χ4v) is 3.70. The van der Waals surface area contributed by atoms with Gasteiger partial charge in [0.1, 0.15) is 6.54 Å². The van der Waals surface area contributed by atoms with E-state index >= 15 is 0 Å². The van der Waals surface area contributed by atoms with E-state index in [1.165, 1.54) is 21.3 Å². The maximum atomic E-state index is 12.5. The number of hydrogen-bond donors (Lipinski definition) is 2. The molecule has 1 aromatic heterocycles. The Hall–Kier alpha value is -2.55. The highest BCUT2D eigenvalue weighted by Crippen LogP contribution is 2.24. The molecular weight excluding hydrogens is 318 g/mol. The fourth-order valence-electron chi connectivity index (χ4n) is 2.61. The number of rotatable bonds is 4. The summed E-state index contributed by atoms with van der Waals surface area (Å²) in [5.74, 6) is -0.808. The Kier molecular flexibility index (Phi) is 3.95. The number of primary amides is 2. The summed E-state index contributed by atoms with van der Waals surface area (Å²) in [5.41, 5.74) is 11.4. The lowest BCUT2D eigenvalue weighted by Gasteiger charge is -2.21. The van der Waals surface area contributed by atoms with Crippen LogP contribution in [0.2, 0.25) is 0 Å². The second kappa shape index (κ2) is 5.92. The van der Waals surface area contributed by atoms with Crippen molar-refractivity contribution in [1.82, 2.24) is 14.7 Å². The summed E-state index contributed by atoms with van der Waals surface area (Å²) in [4.78, 5) is 36.8. The third-order valence-electron chi connectivity index (χ3n) is 3.63. The quantitative estimate of drug-likeness (QED) is 0.782. The second-order valence-corrected chi connectivity index (χ2v) is 6.29. The Labute approximate surface area is 135 Å². The molecule has 0 bridgehead atoms. The molecule has 1 unspecified atom stereocenters. The largest absolute Gasteiger partial charge is 0.367 e. The van der Waals surface area contributed by atoms with Gasteiger partial charge < -0.3 is 16.4 Å². The van der Waals surface area contributed by atoms with Gasteiger partial charge in [-0.2, -0.15) is 5.10 Å². The van der Waals surface area contributed by atoms with E-state index in [4.69, 9.17) is 11.5 Å². The van der Waals surface area contributed by atoms with Crippen LogP contribution >= 0.6 is 11.8 Å². The number of nitrogens with zero attached hydrogens (tertiary/aromatic N) is 3. The van der Waals surface area contributed by atoms with Crippen molar-refractivity contribution in [3.8, 4) is 0 Å². The molecule has 1 aliphatic heterocycles. The normalized spacial score (nSPS) is 17.6. The molecule has 4 N–H and O–H groups in total. The Bertz CT molecular complexity index is 803. The molecule has 1 aromatic carbocycles. The summed E-state index contributed by atoms with van der Waals surface area (Å²) in [6.07, 6.45) is 0. The van der Waals surface area contributed by atoms with Crippen molar-refractivity contribution in [1.29, 1.82) is 0 Å². The van der Waals surface area contributed by atoms with Gasteiger partial charge in [0.25, 0.3) is 11.8 Å². The van der Waals surface area contributed by atoms with Crippen molar-refractivity contribution in [3.63, 3.8) is 0 Å². The van der Waals surface area contributed by atoms with E-state index in [0.29, 0.717) is 23.2 Å². The summed E-state index contributed by atoms with van der Waals surface area (Å²) < 4.78 is 1.43. The topological polar surface area (TPSA) is 124 Å². The first-order valence-corrected chi connectivity index (χ1v) is 7.99. The van der Waals surface area contributed by atoms with Crippen LogP contribution in [0.25, 0.3) is 10.9 Å². The maximum absolute atomic E-state index is 12.5. The number of benzene rings is 1. The van der Waals surface area contributed by atoms with Crippen LogP contribution in [0.3, 0.4) is 0 Å². The Morgan fingerprint density at radius 2 is 2.00 bits per heavy atom. The number of para-hydroxylation sites is 1. The molecule has 0 radical (unpaired) electrons. The van der Waals surface area contributed by atoms with Crippen molar-refractivity contribution in [3.05, 3.63) is 30.0 Å². The number of hydrogen-bond acceptors (Lipinski definition) is 5. The highest BCUT2D eigenvalue weighted by molar-refractivity contribution is 8.00. The monoisotopic (exact) mass is 333 g/mol. The number of carbonyl (C=O) groups is 3. The van der Waals surface area contributed by atoms with Crippen molar-refractivity contribution >= 4 is 40.4 Å². The fraction of sp³-hybridized carbons (Fsp3) is 0.286. The zero-order valence-electron chi connectivity index (χ0n) is 12.1. The van der Waals surface area contributed by atoms with E-state index in [1.807, 2.05) is 0 Å². The summed E-state index contributed by atoms with van der Waals surface area (Å²) in [6.45, 7) is 0.372. The van der Waals surface area contributed by atoms with Gasteiger partial charge in [-0.05, 0) is 6.07 Å². The highest BCUT2D eigenvalue weighted by atomic mass is 32.2. The van der Waals surface area contributed by atoms with Crippen LogP contribution in [-0.2, 0) is 16.1 Å². The van der Waals surface area contributed by atoms with Gasteiger partial charge in [0.15, 0.2) is 11.1 Å². The molecule has 0 aliphatic carbocycles. The van der Waals surface area contributed by atoms with Gasteiger partial charge >= 0.3 is 0 Å². The van der Waals surface area contributed by atoms with Crippen LogP contribution in [0.4, 0.5) is 0 Å². The zero-order chi connectivity index (χ0) is 16.6. The van der Waals surface area contributed by atoms with Gasteiger partial charge in [-0.25, -0.2) is 0 Å². The summed E-state index contributed by atoms with van der Waals surface area (Å²) in [5, 5.41) is 4.08. The van der Waals surface area contributed by atoms with Gasteiger partial charge in [-0.3, -0.25) is 19.1 Å². The average Bonchev–Trinajstić information content (AvgIpc) is 3.12. The lowest BCUT2D eigenvalue weighted by atomic mass is 10.2. The Morgan fingerprint density at radius 3 is 2.70 bits per heavy atom. The number of nitrogens with two attached hydrogens (primary N) is 2. The molecule has 120 valence electrons. The van der Waals surface area contributed by atoms with Crippen LogP contribution in [0, 0.1) is 0 Å². The molecule has 3 amide bonds. The van der Waals surface area contributed by atoms with Crippen LogP contribution in [0.5, 0.6) is 0 Å². The van der Waals surface area contributed by atoms with Crippen LogP contribution < -0.4 is 11.5 Å². The third kappa shape index (κ3) is 2.74. The standard InChI is InChI=1S/C14H15N5O3S/c15-12(21)11-8-3-1-2-4-9(8)19(17-11)7-10(20)18-5-6-23-14(18)13(16)22/h1-4,14H,5-7H2,(H2,15,21)(H2,16,22). The van der Waals surface area contributed by atoms with E-state index in [1.54, 1.807) is 24.3 Å². The second-order valence-electron chi connectivity index (χ2n) is 5.10. The van der Waals surface area contributed by atoms with E-state index in [0.717, 1.165) is 0 Å². The van der Waals surface area contributed by atoms with E-state index in [9.17, 15) is 14.4 Å². The molecule has 3 rings (SSSR count). The first-order valence-electron chi connectivity index (χ1n) is 6.95. The number of aromatic nitrogens is 2. The number of thioether (sulfide) groups is 1. The SMILES string of the molecule is NC(=O)c1nn(CC(=O)N2CCSC2C(N)=O)c2ccccc12. The lowest BCUT2D eigenvalue weighted by molar-refractivity contribution is -0.136. The molecule has 8 nitrogen and oxygen atoms in total. The molecule has 2 aromatic rings. The van der Waals surface area contributed by atoms with Gasteiger partial charge in [-0.1, -0.05) is 18.2 Å². The zero-order valence-corrected chi connectivity index (χ0v) is 13.0. The van der Waals surface area contributed by atoms with Crippen molar-refractivity contribution in [2.24, 2.45) is 11.5 Å². The molecule has 0 saturated carbocycles. The van der Waals surface area contributed by atoms with Gasteiger partial charge in [0.2, 0.25) is 5.91 Å². The minimum atomic E-state index is -0.654. The first-order chi connectivity index (χ1) is 11.0. The molecular formula is C14H15N5O3S. The molecule has 2 heterocycles. The van der Waals surface area contributed by atoms with E-state index in [-0.39, 0.29) is 18.1 Å². The molecule has 1 atom stereocenters. The first kappa shape index (κ1) is 15.3. The van der Waals surface area contributed by atoms with Crippen molar-refractivity contribution < 1.29 is 14.4 Å². The van der Waals surface area contributed by atoms with Gasteiger partial charge in [0.05, 0.1) is 5.52 Å². The predicted octanol–water partition coefficient (Wildman–Crippen LogP) is -0.478. The Morgan fingerprint density at radius 1 is 1.26 bits per heavy atom. The van der Waals surface area contributed by atoms with Crippen LogP contribution in [0.1, 0.15) is 10.5 Å². The maximum Gasteiger partial charge on any atom is 0.269 e. The molecule has 23 heavy (non-hydrogen) atoms. The minimum Gasteiger partial charge on any atom is -0.367 e. The van der Waals surface area contributed by atoms with Crippen LogP contribution in [-0.4, -0.2) is 50.1 Å². The van der Waals surface area contributed by atoms with Crippen molar-refractivity contribution in [2.45, 2.75) is 11.9 Å². The molecule has 1 fully saturated rings. The lowest BCUT2D eigenvalue weighted by Crippen LogP contribution is -2.44. The minimum absolute atomic E-state index is 0.0852. The predicted molar refractivity (Wildman–Crippen MR) is 85.4 cm³/mol. The highest BCUT2D eigenvalue weighted by Gasteiger charge is 2.33. The van der Waals surface area contributed by atoms with Crippen molar-refractivity contribution in [2.75, 3.05) is 12.3 Å². The molecule has 1 aliphatic rings. The summed E-state index contributed by atoms with van der Waals surface area (Å²) in [6, 6.07) is 7.03. The van der Waals surface area contributed by atoms with Crippen LogP contribution in [0.15, 0.2) is 24.3 Å². The molecule has 1 saturated heterocycles. The van der Waals surface area contributed by atoms with Gasteiger partial charge in [-0.15, -0.1) is 11.8 Å². The average molecular weight is 333 g/mol. The smallest absolute Gasteiger partial charge is 0.269 e. The van der Waals surface area contributed by atoms with E-state index < -0.39 is 17.2 Å². The number of fused-ring (bicyclic) bond motifs is 1. The Balaban J connectivity index is 1.91. The van der Waals surface area contributed by atoms with E-state index in [2.05, 4.69) is 5.10 Å². The molecule has 0 spiro atoms. The third-order valence-corrected chi connectivity index (χ3v) is 4.85. The number of carbonyl (C=O) groups excluding carboxylic acids is 3. The summed E-state index contributed by atoms with van der Waals surface area (Å²) >= 11 is 1.34. The van der Waals surface area contributed by atoms with Gasteiger partial charge in [0, 0.05) is 17.7 Å². The molecule has 9 heteroatoms. The summed E-state index contributed by atoms with van der Waals surface area (Å²) in [7, 11) is 0.